The highest BCUT2D eigenvalue weighted by atomic mass is 32.1. The van der Waals surface area contributed by atoms with Crippen molar-refractivity contribution in [3.8, 4) is 0 Å². The summed E-state index contributed by atoms with van der Waals surface area (Å²) >= 11 is 1.37. The van der Waals surface area contributed by atoms with Crippen LogP contribution in [0.1, 0.15) is 11.6 Å². The molecule has 6 heteroatoms. The molecule has 0 spiro atoms. The van der Waals surface area contributed by atoms with Gasteiger partial charge in [-0.15, -0.1) is 11.3 Å². The first-order valence-corrected chi connectivity index (χ1v) is 5.83. The fourth-order valence-corrected chi connectivity index (χ4v) is 2.14. The third-order valence-electron chi connectivity index (χ3n) is 2.30. The summed E-state index contributed by atoms with van der Waals surface area (Å²) < 4.78 is 18.4. The molecule has 0 atom stereocenters. The Hall–Kier alpha value is -1.95. The molecule has 0 fully saturated rings. The summed E-state index contributed by atoms with van der Waals surface area (Å²) in [5.74, 6) is 0.175. The van der Waals surface area contributed by atoms with Crippen molar-refractivity contribution in [3.63, 3.8) is 0 Å². The normalized spacial score (nSPS) is 11.1. The largest absolute Gasteiger partial charge is 0.440 e. The topological polar surface area (TPSA) is 64.9 Å². The van der Waals surface area contributed by atoms with Crippen molar-refractivity contribution < 1.29 is 8.81 Å². The molecule has 17 heavy (non-hydrogen) atoms. The molecule has 2 aromatic heterocycles. The van der Waals surface area contributed by atoms with Gasteiger partial charge in [-0.05, 0) is 12.1 Å². The van der Waals surface area contributed by atoms with Crippen molar-refractivity contribution in [2.45, 2.75) is 6.42 Å². The second-order valence-corrected chi connectivity index (χ2v) is 4.46. The van der Waals surface area contributed by atoms with E-state index in [1.807, 2.05) is 5.38 Å². The SMILES string of the molecule is Nc1nc(Cc2nc3ccc(F)cc3o2)cs1. The van der Waals surface area contributed by atoms with Gasteiger partial charge < -0.3 is 10.2 Å². The van der Waals surface area contributed by atoms with Gasteiger partial charge in [0.1, 0.15) is 11.3 Å². The van der Waals surface area contributed by atoms with E-state index in [-0.39, 0.29) is 5.82 Å². The summed E-state index contributed by atoms with van der Waals surface area (Å²) in [5, 5.41) is 2.37. The van der Waals surface area contributed by atoms with E-state index in [9.17, 15) is 4.39 Å². The van der Waals surface area contributed by atoms with Crippen LogP contribution in [-0.2, 0) is 6.42 Å². The van der Waals surface area contributed by atoms with Crippen LogP contribution in [0.5, 0.6) is 0 Å². The standard InChI is InChI=1S/C11H8FN3OS/c12-6-1-2-8-9(3-6)16-10(15-8)4-7-5-17-11(13)14-7/h1-3,5H,4H2,(H2,13,14). The van der Waals surface area contributed by atoms with E-state index in [0.29, 0.717) is 28.5 Å². The monoisotopic (exact) mass is 249 g/mol. The van der Waals surface area contributed by atoms with Gasteiger partial charge in [0.05, 0.1) is 12.1 Å². The Kier molecular flexibility index (Phi) is 2.29. The minimum absolute atomic E-state index is 0.335. The Morgan fingerprint density at radius 2 is 2.24 bits per heavy atom. The highest BCUT2D eigenvalue weighted by Crippen LogP contribution is 2.20. The first-order valence-electron chi connectivity index (χ1n) is 4.95. The van der Waals surface area contributed by atoms with Gasteiger partial charge in [-0.1, -0.05) is 0 Å². The highest BCUT2D eigenvalue weighted by molar-refractivity contribution is 7.13. The molecule has 0 aliphatic heterocycles. The number of nitrogens with two attached hydrogens (primary N) is 1. The van der Waals surface area contributed by atoms with Gasteiger partial charge >= 0.3 is 0 Å². The van der Waals surface area contributed by atoms with Gasteiger partial charge in [-0.25, -0.2) is 14.4 Å². The van der Waals surface area contributed by atoms with Crippen molar-refractivity contribution in [1.82, 2.24) is 9.97 Å². The first kappa shape index (κ1) is 10.2. The molecule has 0 aliphatic carbocycles. The summed E-state index contributed by atoms with van der Waals surface area (Å²) in [6, 6.07) is 4.27. The molecule has 3 aromatic rings. The fraction of sp³-hybridized carbons (Fsp3) is 0.0909. The third kappa shape index (κ3) is 1.99. The van der Waals surface area contributed by atoms with Crippen LogP contribution in [0.25, 0.3) is 11.1 Å². The van der Waals surface area contributed by atoms with Crippen LogP contribution < -0.4 is 5.73 Å². The average molecular weight is 249 g/mol. The van der Waals surface area contributed by atoms with E-state index in [4.69, 9.17) is 10.2 Å². The predicted octanol–water partition coefficient (Wildman–Crippen LogP) is 2.60. The molecule has 0 bridgehead atoms. The van der Waals surface area contributed by atoms with E-state index in [1.54, 1.807) is 6.07 Å². The van der Waals surface area contributed by atoms with E-state index in [0.717, 1.165) is 5.69 Å². The van der Waals surface area contributed by atoms with Crippen molar-refractivity contribution >= 4 is 27.6 Å². The maximum absolute atomic E-state index is 13.0. The van der Waals surface area contributed by atoms with Gasteiger partial charge in [-0.3, -0.25) is 0 Å². The van der Waals surface area contributed by atoms with Crippen molar-refractivity contribution in [2.75, 3.05) is 5.73 Å². The van der Waals surface area contributed by atoms with Gasteiger partial charge in [-0.2, -0.15) is 0 Å². The second-order valence-electron chi connectivity index (χ2n) is 3.57. The maximum Gasteiger partial charge on any atom is 0.201 e. The number of nitrogen functional groups attached to an aromatic ring is 1. The van der Waals surface area contributed by atoms with E-state index < -0.39 is 0 Å². The molecule has 0 aliphatic rings. The predicted molar refractivity (Wildman–Crippen MR) is 63.3 cm³/mol. The van der Waals surface area contributed by atoms with Crippen LogP contribution in [0.4, 0.5) is 9.52 Å². The lowest BCUT2D eigenvalue weighted by molar-refractivity contribution is 0.538. The van der Waals surface area contributed by atoms with Crippen molar-refractivity contribution in [2.24, 2.45) is 0 Å². The number of aromatic nitrogens is 2. The number of hydrogen-bond acceptors (Lipinski definition) is 5. The first-order chi connectivity index (χ1) is 8.20. The Morgan fingerprint density at radius 1 is 1.35 bits per heavy atom. The molecule has 1 aromatic carbocycles. The molecule has 0 saturated carbocycles. The zero-order valence-corrected chi connectivity index (χ0v) is 9.50. The van der Waals surface area contributed by atoms with Crippen LogP contribution in [-0.4, -0.2) is 9.97 Å². The van der Waals surface area contributed by atoms with E-state index in [1.165, 1.54) is 23.5 Å². The van der Waals surface area contributed by atoms with Gasteiger partial charge in [0.2, 0.25) is 5.89 Å². The Morgan fingerprint density at radius 3 is 3.00 bits per heavy atom. The Labute approximate surface area is 99.9 Å². The second kappa shape index (κ2) is 3.81. The summed E-state index contributed by atoms with van der Waals surface area (Å²) in [6.45, 7) is 0. The highest BCUT2D eigenvalue weighted by Gasteiger charge is 2.09. The fourth-order valence-electron chi connectivity index (χ4n) is 1.58. The lowest BCUT2D eigenvalue weighted by Crippen LogP contribution is -1.89. The van der Waals surface area contributed by atoms with Crippen LogP contribution in [0.2, 0.25) is 0 Å². The van der Waals surface area contributed by atoms with E-state index in [2.05, 4.69) is 9.97 Å². The molecule has 4 nitrogen and oxygen atoms in total. The Balaban J connectivity index is 1.95. The van der Waals surface area contributed by atoms with Crippen LogP contribution in [0, 0.1) is 5.82 Å². The summed E-state index contributed by atoms with van der Waals surface area (Å²) in [7, 11) is 0. The zero-order valence-electron chi connectivity index (χ0n) is 8.68. The van der Waals surface area contributed by atoms with Gasteiger partial charge in [0, 0.05) is 11.4 Å². The lowest BCUT2D eigenvalue weighted by atomic mass is 10.3. The molecule has 0 amide bonds. The Bertz CT molecular complexity index is 676. The van der Waals surface area contributed by atoms with Gasteiger partial charge in [0.15, 0.2) is 10.7 Å². The summed E-state index contributed by atoms with van der Waals surface area (Å²) in [5.41, 5.74) is 7.43. The van der Waals surface area contributed by atoms with Crippen LogP contribution in [0.15, 0.2) is 28.0 Å². The minimum Gasteiger partial charge on any atom is -0.440 e. The third-order valence-corrected chi connectivity index (χ3v) is 3.02. The summed E-state index contributed by atoms with van der Waals surface area (Å²) in [6.07, 6.45) is 0.462. The molecule has 2 N–H and O–H groups in total. The molecule has 2 heterocycles. The number of nitrogens with zero attached hydrogens (tertiary/aromatic N) is 2. The van der Waals surface area contributed by atoms with Crippen molar-refractivity contribution in [1.29, 1.82) is 0 Å². The van der Waals surface area contributed by atoms with Crippen LogP contribution in [0.3, 0.4) is 0 Å². The molecular formula is C11H8FN3OS. The molecular weight excluding hydrogens is 241 g/mol. The molecule has 86 valence electrons. The summed E-state index contributed by atoms with van der Waals surface area (Å²) in [4.78, 5) is 8.36. The molecule has 0 saturated heterocycles. The quantitative estimate of drug-likeness (QED) is 0.758. The maximum atomic E-state index is 13.0. The molecule has 3 rings (SSSR count). The van der Waals surface area contributed by atoms with Crippen LogP contribution >= 0.6 is 11.3 Å². The van der Waals surface area contributed by atoms with E-state index >= 15 is 0 Å². The molecule has 0 radical (unpaired) electrons. The van der Waals surface area contributed by atoms with Crippen molar-refractivity contribution in [3.05, 3.63) is 41.0 Å². The average Bonchev–Trinajstić information content (AvgIpc) is 2.84. The number of thiazole rings is 1. The lowest BCUT2D eigenvalue weighted by Gasteiger charge is -1.88. The zero-order chi connectivity index (χ0) is 11.8. The number of halogens is 1. The minimum atomic E-state index is -0.335. The number of oxazole rings is 1. The van der Waals surface area contributed by atoms with Gasteiger partial charge in [0.25, 0.3) is 0 Å². The number of anilines is 1. The number of rotatable bonds is 2. The number of benzene rings is 1. The number of hydrogen-bond donors (Lipinski definition) is 1. The smallest absolute Gasteiger partial charge is 0.201 e. The molecule has 0 unspecified atom stereocenters. The number of fused-ring (bicyclic) bond motifs is 1.